The van der Waals surface area contributed by atoms with E-state index in [1.165, 1.54) is 96.3 Å². The molecule has 302 valence electrons. The van der Waals surface area contributed by atoms with Gasteiger partial charge in [-0.2, -0.15) is 0 Å². The SMILES string of the molecule is CCCCC/C=C/C/C=C/C/C=C/C/C=C/CCCCCC(=O)O[C@H](CO/C=C/CCCCCCCCCCCCCC)COP(=O)(O)OCCN. The lowest BCUT2D eigenvalue weighted by molar-refractivity contribution is -0.153. The number of rotatable bonds is 39. The van der Waals surface area contributed by atoms with Gasteiger partial charge in [0, 0.05) is 13.0 Å². The van der Waals surface area contributed by atoms with Gasteiger partial charge in [0.15, 0.2) is 6.10 Å². The van der Waals surface area contributed by atoms with Crippen molar-refractivity contribution < 1.29 is 32.8 Å². The highest BCUT2D eigenvalue weighted by Crippen LogP contribution is 2.43. The summed E-state index contributed by atoms with van der Waals surface area (Å²) in [6.45, 7) is 4.16. The number of carbonyl (C=O) groups is 1. The van der Waals surface area contributed by atoms with Gasteiger partial charge in [0.25, 0.3) is 0 Å². The normalized spacial score (nSPS) is 14.1. The molecule has 0 aromatic heterocycles. The molecule has 0 radical (unpaired) electrons. The Morgan fingerprint density at radius 1 is 0.596 bits per heavy atom. The third kappa shape index (κ3) is 39.3. The Hall–Kier alpha value is -1.96. The quantitative estimate of drug-likeness (QED) is 0.0210. The molecule has 52 heavy (non-hydrogen) atoms. The Balaban J connectivity index is 4.19. The van der Waals surface area contributed by atoms with Crippen LogP contribution in [0.15, 0.2) is 60.9 Å². The predicted molar refractivity (Wildman–Crippen MR) is 219 cm³/mol. The molecule has 0 aromatic rings. The minimum atomic E-state index is -4.30. The van der Waals surface area contributed by atoms with E-state index in [-0.39, 0.29) is 38.8 Å². The van der Waals surface area contributed by atoms with Gasteiger partial charge >= 0.3 is 13.8 Å². The number of nitrogens with two attached hydrogens (primary N) is 1. The minimum Gasteiger partial charge on any atom is -0.498 e. The number of esters is 1. The zero-order chi connectivity index (χ0) is 38.1. The van der Waals surface area contributed by atoms with E-state index in [4.69, 9.17) is 24.3 Å². The maximum atomic E-state index is 12.5. The van der Waals surface area contributed by atoms with Crippen molar-refractivity contribution in [2.24, 2.45) is 5.73 Å². The number of phosphoric acid groups is 1. The molecule has 3 N–H and O–H groups in total. The second-order valence-corrected chi connectivity index (χ2v) is 15.0. The van der Waals surface area contributed by atoms with Gasteiger partial charge in [-0.3, -0.25) is 13.8 Å². The van der Waals surface area contributed by atoms with Gasteiger partial charge in [-0.1, -0.05) is 152 Å². The number of allylic oxidation sites excluding steroid dienone is 9. The Morgan fingerprint density at radius 3 is 1.58 bits per heavy atom. The molecule has 0 fully saturated rings. The molecular weight excluding hydrogens is 673 g/mol. The van der Waals surface area contributed by atoms with Crippen LogP contribution >= 0.6 is 7.82 Å². The summed E-state index contributed by atoms with van der Waals surface area (Å²) in [5, 5.41) is 0. The molecule has 0 spiro atoms. The summed E-state index contributed by atoms with van der Waals surface area (Å²) in [6, 6.07) is 0. The van der Waals surface area contributed by atoms with Crippen molar-refractivity contribution in [3.63, 3.8) is 0 Å². The summed E-state index contributed by atoms with van der Waals surface area (Å²) in [5.41, 5.74) is 5.35. The van der Waals surface area contributed by atoms with E-state index in [0.717, 1.165) is 51.4 Å². The van der Waals surface area contributed by atoms with Crippen LogP contribution < -0.4 is 5.73 Å². The molecule has 0 amide bonds. The van der Waals surface area contributed by atoms with Crippen molar-refractivity contribution >= 4 is 13.8 Å². The van der Waals surface area contributed by atoms with Gasteiger partial charge in [-0.25, -0.2) is 4.57 Å². The van der Waals surface area contributed by atoms with Crippen LogP contribution in [0, 0.1) is 0 Å². The van der Waals surface area contributed by atoms with Crippen LogP contribution in [0.4, 0.5) is 0 Å². The van der Waals surface area contributed by atoms with Crippen molar-refractivity contribution in [1.29, 1.82) is 0 Å². The van der Waals surface area contributed by atoms with E-state index in [9.17, 15) is 14.3 Å². The third-order valence-electron chi connectivity index (χ3n) is 8.50. The number of carbonyl (C=O) groups excluding carboxylic acids is 1. The highest BCUT2D eigenvalue weighted by atomic mass is 31.2. The first-order valence-corrected chi connectivity index (χ1v) is 22.3. The minimum absolute atomic E-state index is 0.0175. The summed E-state index contributed by atoms with van der Waals surface area (Å²) in [4.78, 5) is 22.4. The topological polar surface area (TPSA) is 117 Å². The largest absolute Gasteiger partial charge is 0.498 e. The van der Waals surface area contributed by atoms with Crippen LogP contribution in [-0.2, 0) is 27.9 Å². The Bertz CT molecular complexity index is 979. The number of ether oxygens (including phenoxy) is 2. The molecular formula is C43H78NO7P. The van der Waals surface area contributed by atoms with Crippen LogP contribution in [-0.4, -0.2) is 43.3 Å². The monoisotopic (exact) mass is 752 g/mol. The highest BCUT2D eigenvalue weighted by molar-refractivity contribution is 7.47. The van der Waals surface area contributed by atoms with Gasteiger partial charge in [-0.05, 0) is 70.3 Å². The average Bonchev–Trinajstić information content (AvgIpc) is 3.13. The van der Waals surface area contributed by atoms with E-state index in [2.05, 4.69) is 62.5 Å². The molecule has 0 saturated carbocycles. The molecule has 9 heteroatoms. The Labute approximate surface area is 319 Å². The first-order chi connectivity index (χ1) is 25.4. The lowest BCUT2D eigenvalue weighted by atomic mass is 10.0. The van der Waals surface area contributed by atoms with Crippen LogP contribution in [0.3, 0.4) is 0 Å². The lowest BCUT2D eigenvalue weighted by Crippen LogP contribution is -2.27. The molecule has 0 aliphatic heterocycles. The number of hydrogen-bond acceptors (Lipinski definition) is 7. The van der Waals surface area contributed by atoms with Crippen LogP contribution in [0.5, 0.6) is 0 Å². The summed E-state index contributed by atoms with van der Waals surface area (Å²) in [7, 11) is -4.30. The standard InChI is InChI=1S/C43H78NO7P/c1-3-5-7-9-11-13-15-17-19-20-21-22-23-24-26-28-30-32-34-36-43(45)51-42(41-50-52(46,47)49-39-37-44)40-48-38-35-33-31-29-27-25-18-16-14-12-10-8-6-4-2/h11,13,17,19,21-22,24,26,35,38,42H,3-10,12,14-16,18,20,23,25,27-34,36-37,39-41,44H2,1-2H3,(H,46,47)/b13-11+,19-17+,22-21+,26-24+,38-35+/t42-/m1/s1. The molecule has 8 nitrogen and oxygen atoms in total. The van der Waals surface area contributed by atoms with Crippen LogP contribution in [0.25, 0.3) is 0 Å². The lowest BCUT2D eigenvalue weighted by Gasteiger charge is -2.19. The first-order valence-electron chi connectivity index (χ1n) is 20.8. The van der Waals surface area contributed by atoms with Gasteiger partial charge in [-0.15, -0.1) is 0 Å². The Kier molecular flexibility index (Phi) is 38.7. The van der Waals surface area contributed by atoms with E-state index >= 15 is 0 Å². The van der Waals surface area contributed by atoms with Gasteiger partial charge in [0.1, 0.15) is 6.61 Å². The first kappa shape index (κ1) is 50.0. The second kappa shape index (κ2) is 40.2. The Morgan fingerprint density at radius 2 is 1.04 bits per heavy atom. The predicted octanol–water partition coefficient (Wildman–Crippen LogP) is 12.5. The molecule has 0 aromatic carbocycles. The smallest absolute Gasteiger partial charge is 0.472 e. The average molecular weight is 752 g/mol. The molecule has 0 aliphatic carbocycles. The molecule has 0 rings (SSSR count). The maximum absolute atomic E-state index is 12.5. The van der Waals surface area contributed by atoms with E-state index < -0.39 is 13.9 Å². The van der Waals surface area contributed by atoms with Crippen LogP contribution in [0.1, 0.15) is 174 Å². The fourth-order valence-electron chi connectivity index (χ4n) is 5.42. The van der Waals surface area contributed by atoms with Crippen molar-refractivity contribution in [3.05, 3.63) is 60.9 Å². The maximum Gasteiger partial charge on any atom is 0.472 e. The van der Waals surface area contributed by atoms with E-state index in [1.54, 1.807) is 6.26 Å². The third-order valence-corrected chi connectivity index (χ3v) is 9.49. The van der Waals surface area contributed by atoms with Crippen molar-refractivity contribution in [1.82, 2.24) is 0 Å². The molecule has 0 heterocycles. The van der Waals surface area contributed by atoms with Crippen LogP contribution in [0.2, 0.25) is 0 Å². The highest BCUT2D eigenvalue weighted by Gasteiger charge is 2.25. The van der Waals surface area contributed by atoms with Crippen molar-refractivity contribution in [2.45, 2.75) is 180 Å². The van der Waals surface area contributed by atoms with Crippen molar-refractivity contribution in [3.8, 4) is 0 Å². The molecule has 1 unspecified atom stereocenters. The summed E-state index contributed by atoms with van der Waals surface area (Å²) in [5.74, 6) is -0.383. The van der Waals surface area contributed by atoms with Crippen molar-refractivity contribution in [2.75, 3.05) is 26.4 Å². The summed E-state index contributed by atoms with van der Waals surface area (Å²) < 4.78 is 33.1. The zero-order valence-electron chi connectivity index (χ0n) is 33.3. The molecule has 0 aliphatic rings. The van der Waals surface area contributed by atoms with Gasteiger partial charge < -0.3 is 20.1 Å². The van der Waals surface area contributed by atoms with Gasteiger partial charge in [0.2, 0.25) is 0 Å². The fourth-order valence-corrected chi connectivity index (χ4v) is 6.18. The molecule has 2 atom stereocenters. The zero-order valence-corrected chi connectivity index (χ0v) is 34.2. The molecule has 0 bridgehead atoms. The number of unbranched alkanes of at least 4 members (excludes halogenated alkanes) is 18. The summed E-state index contributed by atoms with van der Waals surface area (Å²) in [6.07, 6.45) is 49.0. The number of hydrogen-bond donors (Lipinski definition) is 2. The molecule has 0 saturated heterocycles. The second-order valence-electron chi connectivity index (χ2n) is 13.6. The fraction of sp³-hybridized carbons (Fsp3) is 0.744. The van der Waals surface area contributed by atoms with Gasteiger partial charge in [0.05, 0.1) is 19.5 Å². The van der Waals surface area contributed by atoms with E-state index in [0.29, 0.717) is 6.42 Å². The summed E-state index contributed by atoms with van der Waals surface area (Å²) >= 11 is 0. The number of phosphoric ester groups is 1. The van der Waals surface area contributed by atoms with E-state index in [1.807, 2.05) is 6.08 Å².